The SMILES string of the molecule is CC(CCCc1cc(=O)oc2c1C(=O)NC(=O)C2)=C(F)F. The Labute approximate surface area is 118 Å². The number of nitrogens with one attached hydrogen (secondary N) is 1. The minimum atomic E-state index is -1.71. The van der Waals surface area contributed by atoms with Gasteiger partial charge in [-0.3, -0.25) is 14.9 Å². The van der Waals surface area contributed by atoms with E-state index in [4.69, 9.17) is 4.42 Å². The predicted molar refractivity (Wildman–Crippen MR) is 69.0 cm³/mol. The molecule has 1 aliphatic rings. The summed E-state index contributed by atoms with van der Waals surface area (Å²) in [5, 5.41) is 2.14. The highest BCUT2D eigenvalue weighted by atomic mass is 19.3. The molecule has 21 heavy (non-hydrogen) atoms. The zero-order valence-corrected chi connectivity index (χ0v) is 11.3. The van der Waals surface area contributed by atoms with Crippen molar-refractivity contribution in [3.05, 3.63) is 45.0 Å². The minimum absolute atomic E-state index is 0.0218. The van der Waals surface area contributed by atoms with Crippen LogP contribution in [-0.4, -0.2) is 11.8 Å². The predicted octanol–water partition coefficient (Wildman–Crippen LogP) is 1.95. The van der Waals surface area contributed by atoms with E-state index in [-0.39, 0.29) is 36.2 Å². The fraction of sp³-hybridized carbons (Fsp3) is 0.357. The van der Waals surface area contributed by atoms with Gasteiger partial charge in [-0.25, -0.2) is 4.79 Å². The minimum Gasteiger partial charge on any atom is -0.426 e. The van der Waals surface area contributed by atoms with Crippen molar-refractivity contribution in [1.29, 1.82) is 0 Å². The molecule has 2 amide bonds. The average molecular weight is 297 g/mol. The van der Waals surface area contributed by atoms with Gasteiger partial charge in [0.1, 0.15) is 5.76 Å². The standard InChI is InChI=1S/C14H13F2NO4/c1-7(13(15)16)3-2-4-8-5-11(19)21-9-6-10(18)17-14(20)12(8)9/h5H,2-4,6H2,1H3,(H,17,18,20). The molecule has 0 saturated heterocycles. The topological polar surface area (TPSA) is 76.4 Å². The maximum atomic E-state index is 12.3. The molecule has 0 aromatic carbocycles. The average Bonchev–Trinajstić information content (AvgIpc) is 2.36. The van der Waals surface area contributed by atoms with E-state index in [1.54, 1.807) is 0 Å². The van der Waals surface area contributed by atoms with Crippen molar-refractivity contribution in [1.82, 2.24) is 5.32 Å². The zero-order valence-electron chi connectivity index (χ0n) is 11.3. The number of aryl methyl sites for hydroxylation is 1. The van der Waals surface area contributed by atoms with Gasteiger partial charge in [0.05, 0.1) is 12.0 Å². The van der Waals surface area contributed by atoms with Gasteiger partial charge >= 0.3 is 5.63 Å². The quantitative estimate of drug-likeness (QED) is 0.862. The third kappa shape index (κ3) is 3.42. The second-order valence-corrected chi connectivity index (χ2v) is 4.84. The Morgan fingerprint density at radius 2 is 2.05 bits per heavy atom. The summed E-state index contributed by atoms with van der Waals surface area (Å²) in [4.78, 5) is 34.5. The Morgan fingerprint density at radius 3 is 2.71 bits per heavy atom. The molecule has 0 fully saturated rings. The number of allylic oxidation sites excluding steroid dienone is 1. The van der Waals surface area contributed by atoms with Gasteiger partial charge in [0.15, 0.2) is 0 Å². The molecule has 0 bridgehead atoms. The Bertz CT molecular complexity index is 687. The second kappa shape index (κ2) is 5.99. The van der Waals surface area contributed by atoms with Crippen LogP contribution in [0, 0.1) is 0 Å². The molecule has 2 heterocycles. The maximum Gasteiger partial charge on any atom is 0.336 e. The number of amides is 2. The van der Waals surface area contributed by atoms with E-state index in [9.17, 15) is 23.2 Å². The highest BCUT2D eigenvalue weighted by Crippen LogP contribution is 2.20. The normalized spacial score (nSPS) is 13.7. The zero-order chi connectivity index (χ0) is 15.6. The lowest BCUT2D eigenvalue weighted by atomic mass is 9.97. The molecule has 0 unspecified atom stereocenters. The van der Waals surface area contributed by atoms with Crippen LogP contribution in [0.2, 0.25) is 0 Å². The van der Waals surface area contributed by atoms with Crippen LogP contribution in [0.1, 0.15) is 41.4 Å². The molecule has 0 saturated carbocycles. The molecule has 5 nitrogen and oxygen atoms in total. The van der Waals surface area contributed by atoms with Crippen molar-refractivity contribution in [3.8, 4) is 0 Å². The Morgan fingerprint density at radius 1 is 1.33 bits per heavy atom. The lowest BCUT2D eigenvalue weighted by Gasteiger charge is -2.16. The van der Waals surface area contributed by atoms with E-state index < -0.39 is 23.5 Å². The van der Waals surface area contributed by atoms with Crippen molar-refractivity contribution in [2.45, 2.75) is 32.6 Å². The van der Waals surface area contributed by atoms with Crippen LogP contribution in [-0.2, 0) is 17.6 Å². The summed E-state index contributed by atoms with van der Waals surface area (Å²) in [6.45, 7) is 1.33. The summed E-state index contributed by atoms with van der Waals surface area (Å²) >= 11 is 0. The second-order valence-electron chi connectivity index (χ2n) is 4.84. The number of imide groups is 1. The van der Waals surface area contributed by atoms with Gasteiger partial charge in [-0.05, 0) is 37.3 Å². The smallest absolute Gasteiger partial charge is 0.336 e. The van der Waals surface area contributed by atoms with E-state index in [0.29, 0.717) is 12.0 Å². The number of hydrogen-bond acceptors (Lipinski definition) is 4. The number of hydrogen-bond donors (Lipinski definition) is 1. The first-order valence-electron chi connectivity index (χ1n) is 6.39. The molecule has 0 spiro atoms. The van der Waals surface area contributed by atoms with E-state index in [1.165, 1.54) is 13.0 Å². The summed E-state index contributed by atoms with van der Waals surface area (Å²) in [6.07, 6.45) is -1.09. The van der Waals surface area contributed by atoms with Crippen molar-refractivity contribution >= 4 is 11.8 Å². The summed E-state index contributed by atoms with van der Waals surface area (Å²) in [5.74, 6) is -1.12. The molecule has 0 atom stereocenters. The van der Waals surface area contributed by atoms with Crippen LogP contribution in [0.5, 0.6) is 0 Å². The summed E-state index contributed by atoms with van der Waals surface area (Å²) < 4.78 is 29.5. The van der Waals surface area contributed by atoms with E-state index in [1.807, 2.05) is 0 Å². The van der Waals surface area contributed by atoms with Crippen LogP contribution in [0.15, 0.2) is 26.9 Å². The first-order valence-corrected chi connectivity index (χ1v) is 6.39. The van der Waals surface area contributed by atoms with Crippen LogP contribution >= 0.6 is 0 Å². The fourth-order valence-electron chi connectivity index (χ4n) is 2.21. The van der Waals surface area contributed by atoms with E-state index in [2.05, 4.69) is 5.32 Å². The number of rotatable bonds is 4. The Hall–Kier alpha value is -2.31. The fourth-order valence-corrected chi connectivity index (χ4v) is 2.21. The molecule has 112 valence electrons. The largest absolute Gasteiger partial charge is 0.426 e. The molecule has 1 aromatic heterocycles. The van der Waals surface area contributed by atoms with Crippen LogP contribution in [0.3, 0.4) is 0 Å². The molecular weight excluding hydrogens is 284 g/mol. The number of carbonyl (C=O) groups is 2. The summed E-state index contributed by atoms with van der Waals surface area (Å²) in [5.41, 5.74) is -0.100. The van der Waals surface area contributed by atoms with Crippen molar-refractivity contribution in [2.24, 2.45) is 0 Å². The third-order valence-electron chi connectivity index (χ3n) is 3.24. The number of carbonyl (C=O) groups excluding carboxylic acids is 2. The highest BCUT2D eigenvalue weighted by molar-refractivity contribution is 6.09. The number of halogens is 2. The highest BCUT2D eigenvalue weighted by Gasteiger charge is 2.27. The lowest BCUT2D eigenvalue weighted by molar-refractivity contribution is -0.120. The molecule has 0 radical (unpaired) electrons. The molecule has 1 aliphatic heterocycles. The van der Waals surface area contributed by atoms with Gasteiger partial charge in [-0.1, -0.05) is 0 Å². The first-order chi connectivity index (χ1) is 9.88. The van der Waals surface area contributed by atoms with Crippen LogP contribution in [0.4, 0.5) is 8.78 Å². The summed E-state index contributed by atoms with van der Waals surface area (Å²) in [7, 11) is 0. The maximum absolute atomic E-state index is 12.3. The number of fused-ring (bicyclic) bond motifs is 1. The van der Waals surface area contributed by atoms with Crippen LogP contribution < -0.4 is 10.9 Å². The van der Waals surface area contributed by atoms with Crippen LogP contribution in [0.25, 0.3) is 0 Å². The lowest BCUT2D eigenvalue weighted by Crippen LogP contribution is -2.38. The third-order valence-corrected chi connectivity index (χ3v) is 3.24. The molecular formula is C14H13F2NO4. The summed E-state index contributed by atoms with van der Waals surface area (Å²) in [6, 6.07) is 1.17. The Kier molecular flexibility index (Phi) is 4.30. The van der Waals surface area contributed by atoms with Gasteiger partial charge in [0.2, 0.25) is 5.91 Å². The van der Waals surface area contributed by atoms with Crippen molar-refractivity contribution < 1.29 is 22.8 Å². The van der Waals surface area contributed by atoms with Crippen molar-refractivity contribution in [2.75, 3.05) is 0 Å². The Balaban J connectivity index is 2.25. The molecule has 7 heteroatoms. The van der Waals surface area contributed by atoms with Crippen molar-refractivity contribution in [3.63, 3.8) is 0 Å². The van der Waals surface area contributed by atoms with Gasteiger partial charge < -0.3 is 4.42 Å². The van der Waals surface area contributed by atoms with Gasteiger partial charge in [-0.2, -0.15) is 8.78 Å². The van der Waals surface area contributed by atoms with Gasteiger partial charge in [0.25, 0.3) is 12.0 Å². The van der Waals surface area contributed by atoms with Gasteiger partial charge in [-0.15, -0.1) is 0 Å². The molecule has 0 aliphatic carbocycles. The monoisotopic (exact) mass is 297 g/mol. The van der Waals surface area contributed by atoms with Gasteiger partial charge in [0, 0.05) is 6.07 Å². The first kappa shape index (κ1) is 15.1. The van der Waals surface area contributed by atoms with E-state index >= 15 is 0 Å². The molecule has 2 rings (SSSR count). The molecule has 1 N–H and O–H groups in total. The van der Waals surface area contributed by atoms with E-state index in [0.717, 1.165) is 0 Å². The molecule has 1 aromatic rings.